The third-order valence-corrected chi connectivity index (χ3v) is 9.68. The lowest BCUT2D eigenvalue weighted by Crippen LogP contribution is -1.95. The molecule has 0 aliphatic rings. The molecule has 9 rings (SSSR count). The molecule has 0 amide bonds. The Kier molecular flexibility index (Phi) is 7.89. The molecule has 3 heteroatoms. The first-order valence-corrected chi connectivity index (χ1v) is 17.3. The van der Waals surface area contributed by atoms with Crippen molar-refractivity contribution in [3.63, 3.8) is 0 Å². The first-order chi connectivity index (χ1) is 25.7. The third kappa shape index (κ3) is 6.00. The topological polar surface area (TPSA) is 30.1 Å². The Balaban J connectivity index is 1.04. The van der Waals surface area contributed by atoms with E-state index in [1.54, 1.807) is 0 Å². The van der Waals surface area contributed by atoms with Gasteiger partial charge in [-0.1, -0.05) is 158 Å². The molecule has 52 heavy (non-hydrogen) atoms. The van der Waals surface area contributed by atoms with Crippen molar-refractivity contribution in [2.24, 2.45) is 0 Å². The summed E-state index contributed by atoms with van der Waals surface area (Å²) in [5.41, 5.74) is 12.5. The van der Waals surface area contributed by atoms with Crippen molar-refractivity contribution in [1.82, 2.24) is 9.97 Å². The van der Waals surface area contributed by atoms with Gasteiger partial charge in [0.05, 0.1) is 18.0 Å². The zero-order valence-electron chi connectivity index (χ0n) is 28.2. The van der Waals surface area contributed by atoms with Gasteiger partial charge in [-0.3, -0.25) is 0 Å². The normalized spacial score (nSPS) is 11.1. The molecule has 9 aromatic rings. The molecule has 0 bridgehead atoms. The molecule has 0 N–H and O–H groups in total. The van der Waals surface area contributed by atoms with E-state index in [9.17, 15) is 0 Å². The Morgan fingerprint density at radius 2 is 0.846 bits per heavy atom. The minimum Gasteiger partial charge on any atom is -0.238 e. The maximum Gasteiger partial charge on any atom is 0.187 e. The highest BCUT2D eigenvalue weighted by Gasteiger charge is 2.12. The van der Waals surface area contributed by atoms with Crippen LogP contribution >= 0.6 is 0 Å². The van der Waals surface area contributed by atoms with Gasteiger partial charge >= 0.3 is 0 Å². The number of benzene rings is 8. The molecule has 0 unspecified atom stereocenters. The Bertz CT molecular complexity index is 2710. The van der Waals surface area contributed by atoms with Crippen molar-refractivity contribution in [1.29, 1.82) is 0 Å². The molecule has 0 atom stereocenters. The molecule has 0 saturated carbocycles. The predicted octanol–water partition coefficient (Wildman–Crippen LogP) is 13.3. The number of fused-ring (bicyclic) bond motifs is 2. The molecule has 0 radical (unpaired) electrons. The average molecular weight is 662 g/mol. The van der Waals surface area contributed by atoms with Crippen LogP contribution in [0.3, 0.4) is 0 Å². The Morgan fingerprint density at radius 1 is 0.346 bits per heavy atom. The van der Waals surface area contributed by atoms with Gasteiger partial charge in [-0.25, -0.2) is 14.8 Å². The van der Waals surface area contributed by atoms with E-state index < -0.39 is 0 Å². The standard InChI is InChI=1S/C49H31N3/c1-50-44-26-24-34(25-27-44)46-31-43(30-42-14-8-9-15-45(42)46)41-23-22-39-28-38(20-21-40(39)29-41)33-16-18-36(19-17-33)48-32-47(35-10-4-2-5-11-35)51-49(52-48)37-12-6-3-7-13-37/h2-32H. The van der Waals surface area contributed by atoms with E-state index in [2.05, 4.69) is 132 Å². The number of hydrogen-bond donors (Lipinski definition) is 0. The largest absolute Gasteiger partial charge is 0.238 e. The summed E-state index contributed by atoms with van der Waals surface area (Å²) in [4.78, 5) is 13.5. The van der Waals surface area contributed by atoms with Gasteiger partial charge in [0.1, 0.15) is 0 Å². The fraction of sp³-hybridized carbons (Fsp3) is 0. The summed E-state index contributed by atoms with van der Waals surface area (Å²) in [7, 11) is 0. The van der Waals surface area contributed by atoms with E-state index in [1.165, 1.54) is 38.2 Å². The van der Waals surface area contributed by atoms with Crippen molar-refractivity contribution >= 4 is 27.2 Å². The fourth-order valence-electron chi connectivity index (χ4n) is 6.94. The molecular weight excluding hydrogens is 631 g/mol. The summed E-state index contributed by atoms with van der Waals surface area (Å²) in [6.07, 6.45) is 0. The van der Waals surface area contributed by atoms with E-state index in [4.69, 9.17) is 16.5 Å². The molecule has 1 heterocycles. The molecule has 0 saturated heterocycles. The van der Waals surface area contributed by atoms with Gasteiger partial charge < -0.3 is 0 Å². The van der Waals surface area contributed by atoms with Crippen LogP contribution in [0, 0.1) is 6.57 Å². The summed E-state index contributed by atoms with van der Waals surface area (Å²) >= 11 is 0. The minimum atomic E-state index is 0.648. The zero-order chi connectivity index (χ0) is 34.9. The lowest BCUT2D eigenvalue weighted by molar-refractivity contribution is 1.18. The highest BCUT2D eigenvalue weighted by atomic mass is 14.9. The average Bonchev–Trinajstić information content (AvgIpc) is 3.23. The number of aromatic nitrogens is 2. The summed E-state index contributed by atoms with van der Waals surface area (Å²) in [6, 6.07) is 65.5. The van der Waals surface area contributed by atoms with Gasteiger partial charge in [0.2, 0.25) is 0 Å². The lowest BCUT2D eigenvalue weighted by atomic mass is 9.92. The van der Waals surface area contributed by atoms with Gasteiger partial charge in [0.25, 0.3) is 0 Å². The van der Waals surface area contributed by atoms with Crippen molar-refractivity contribution < 1.29 is 0 Å². The van der Waals surface area contributed by atoms with Crippen LogP contribution in [0.15, 0.2) is 188 Å². The molecule has 0 aliphatic heterocycles. The van der Waals surface area contributed by atoms with Crippen LogP contribution in [-0.2, 0) is 0 Å². The highest BCUT2D eigenvalue weighted by molar-refractivity contribution is 6.01. The second kappa shape index (κ2) is 13.3. The SMILES string of the molecule is [C-]#[N+]c1ccc(-c2cc(-c3ccc4cc(-c5ccc(-c6cc(-c7ccccc7)nc(-c7ccccc7)n6)cc5)ccc4c3)cc3ccccc23)cc1. The monoisotopic (exact) mass is 661 g/mol. The zero-order valence-corrected chi connectivity index (χ0v) is 28.2. The van der Waals surface area contributed by atoms with Crippen LogP contribution in [-0.4, -0.2) is 9.97 Å². The second-order valence-electron chi connectivity index (χ2n) is 13.0. The van der Waals surface area contributed by atoms with E-state index in [1.807, 2.05) is 60.7 Å². The van der Waals surface area contributed by atoms with Gasteiger partial charge in [-0.15, -0.1) is 0 Å². The first-order valence-electron chi connectivity index (χ1n) is 17.3. The predicted molar refractivity (Wildman–Crippen MR) is 216 cm³/mol. The van der Waals surface area contributed by atoms with Crippen molar-refractivity contribution in [2.75, 3.05) is 0 Å². The van der Waals surface area contributed by atoms with Crippen LogP contribution in [0.5, 0.6) is 0 Å². The highest BCUT2D eigenvalue weighted by Crippen LogP contribution is 2.37. The molecule has 1 aromatic heterocycles. The summed E-state index contributed by atoms with van der Waals surface area (Å²) in [6.45, 7) is 7.35. The molecule has 242 valence electrons. The van der Waals surface area contributed by atoms with Gasteiger partial charge in [-0.2, -0.15) is 0 Å². The number of rotatable bonds is 6. The van der Waals surface area contributed by atoms with E-state index in [0.29, 0.717) is 11.5 Å². The number of hydrogen-bond acceptors (Lipinski definition) is 2. The van der Waals surface area contributed by atoms with Crippen LogP contribution in [0.1, 0.15) is 0 Å². The summed E-state index contributed by atoms with van der Waals surface area (Å²) in [5.74, 6) is 0.713. The van der Waals surface area contributed by atoms with Crippen LogP contribution in [0.2, 0.25) is 0 Å². The van der Waals surface area contributed by atoms with Gasteiger partial charge in [0, 0.05) is 16.7 Å². The van der Waals surface area contributed by atoms with Crippen LogP contribution in [0.4, 0.5) is 5.69 Å². The van der Waals surface area contributed by atoms with E-state index in [0.717, 1.165) is 44.8 Å². The first kappa shape index (κ1) is 30.9. The molecule has 0 aliphatic carbocycles. The smallest absolute Gasteiger partial charge is 0.187 e. The molecule has 0 spiro atoms. The molecule has 3 nitrogen and oxygen atoms in total. The lowest BCUT2D eigenvalue weighted by Gasteiger charge is -2.13. The summed E-state index contributed by atoms with van der Waals surface area (Å²) < 4.78 is 0. The van der Waals surface area contributed by atoms with Crippen LogP contribution in [0.25, 0.3) is 93.7 Å². The molecule has 8 aromatic carbocycles. The fourth-order valence-corrected chi connectivity index (χ4v) is 6.94. The van der Waals surface area contributed by atoms with Crippen molar-refractivity contribution in [3.8, 4) is 67.3 Å². The Labute approximate surface area is 303 Å². The summed E-state index contributed by atoms with van der Waals surface area (Å²) in [5, 5.41) is 4.78. The third-order valence-electron chi connectivity index (χ3n) is 9.68. The molecule has 0 fully saturated rings. The quantitative estimate of drug-likeness (QED) is 0.166. The number of nitrogens with zero attached hydrogens (tertiary/aromatic N) is 3. The second-order valence-corrected chi connectivity index (χ2v) is 13.0. The van der Waals surface area contributed by atoms with E-state index >= 15 is 0 Å². The maximum atomic E-state index is 7.35. The Hall–Kier alpha value is -7.15. The maximum absolute atomic E-state index is 7.35. The van der Waals surface area contributed by atoms with E-state index in [-0.39, 0.29) is 0 Å². The Morgan fingerprint density at radius 3 is 1.50 bits per heavy atom. The van der Waals surface area contributed by atoms with Crippen LogP contribution < -0.4 is 0 Å². The molecular formula is C49H31N3. The van der Waals surface area contributed by atoms with Gasteiger partial charge in [-0.05, 0) is 85.3 Å². The minimum absolute atomic E-state index is 0.648. The van der Waals surface area contributed by atoms with Crippen molar-refractivity contribution in [2.45, 2.75) is 0 Å². The van der Waals surface area contributed by atoms with Gasteiger partial charge in [0.15, 0.2) is 11.5 Å². The van der Waals surface area contributed by atoms with Crippen molar-refractivity contribution in [3.05, 3.63) is 199 Å².